The lowest BCUT2D eigenvalue weighted by Crippen LogP contribution is -2.41. The summed E-state index contributed by atoms with van der Waals surface area (Å²) in [5.41, 5.74) is 0. The molecule has 2 aliphatic rings. The summed E-state index contributed by atoms with van der Waals surface area (Å²) in [6, 6.07) is 0.899. The van der Waals surface area contributed by atoms with Crippen LogP contribution in [0.2, 0.25) is 0 Å². The van der Waals surface area contributed by atoms with E-state index >= 15 is 0 Å². The fourth-order valence-corrected chi connectivity index (χ4v) is 2.47. The zero-order valence-electron chi connectivity index (χ0n) is 8.05. The van der Waals surface area contributed by atoms with Gasteiger partial charge in [0.1, 0.15) is 0 Å². The van der Waals surface area contributed by atoms with Crippen molar-refractivity contribution >= 4 is 0 Å². The molecule has 0 amide bonds. The standard InChI is InChI=1S/C10H20N2/c1-9-4-7-12(8-9)10-2-5-11-6-3-10/h9-11H,2-8H2,1H3/t9-/m1/s1. The molecule has 2 heteroatoms. The molecule has 0 bridgehead atoms. The molecule has 1 atom stereocenters. The highest BCUT2D eigenvalue weighted by Crippen LogP contribution is 2.21. The van der Waals surface area contributed by atoms with E-state index < -0.39 is 0 Å². The number of likely N-dealkylation sites (tertiary alicyclic amines) is 1. The lowest BCUT2D eigenvalue weighted by atomic mass is 10.1. The quantitative estimate of drug-likeness (QED) is 0.630. The number of nitrogens with one attached hydrogen (secondary N) is 1. The van der Waals surface area contributed by atoms with Crippen LogP contribution in [-0.2, 0) is 0 Å². The SMILES string of the molecule is C[C@@H]1CCN(C2CCNCC2)C1. The maximum Gasteiger partial charge on any atom is 0.0119 e. The topological polar surface area (TPSA) is 15.3 Å². The number of nitrogens with zero attached hydrogens (tertiary/aromatic N) is 1. The molecule has 2 aliphatic heterocycles. The van der Waals surface area contributed by atoms with Crippen LogP contribution >= 0.6 is 0 Å². The molecule has 2 nitrogen and oxygen atoms in total. The van der Waals surface area contributed by atoms with Crippen molar-refractivity contribution in [3.8, 4) is 0 Å². The molecule has 2 saturated heterocycles. The van der Waals surface area contributed by atoms with Gasteiger partial charge < -0.3 is 10.2 Å². The predicted octanol–water partition coefficient (Wildman–Crippen LogP) is 1.08. The molecule has 2 heterocycles. The molecule has 0 saturated carbocycles. The maximum atomic E-state index is 3.42. The van der Waals surface area contributed by atoms with Crippen molar-refractivity contribution in [2.75, 3.05) is 26.2 Å². The average Bonchev–Trinajstić information content (AvgIpc) is 2.54. The summed E-state index contributed by atoms with van der Waals surface area (Å²) in [5, 5.41) is 3.42. The summed E-state index contributed by atoms with van der Waals surface area (Å²) in [7, 11) is 0. The van der Waals surface area contributed by atoms with E-state index in [0.29, 0.717) is 0 Å². The molecule has 0 aromatic rings. The minimum Gasteiger partial charge on any atom is -0.317 e. The van der Waals surface area contributed by atoms with Crippen LogP contribution in [0.15, 0.2) is 0 Å². The van der Waals surface area contributed by atoms with Crippen molar-refractivity contribution in [2.24, 2.45) is 5.92 Å². The van der Waals surface area contributed by atoms with E-state index in [2.05, 4.69) is 17.1 Å². The highest BCUT2D eigenvalue weighted by atomic mass is 15.2. The Morgan fingerprint density at radius 1 is 1.17 bits per heavy atom. The third-order valence-electron chi connectivity index (χ3n) is 3.28. The monoisotopic (exact) mass is 168 g/mol. The van der Waals surface area contributed by atoms with Crippen LogP contribution in [0.5, 0.6) is 0 Å². The van der Waals surface area contributed by atoms with Crippen LogP contribution in [0.3, 0.4) is 0 Å². The second-order valence-electron chi connectivity index (χ2n) is 4.37. The van der Waals surface area contributed by atoms with Crippen LogP contribution in [0.4, 0.5) is 0 Å². The first-order valence-corrected chi connectivity index (χ1v) is 5.31. The summed E-state index contributed by atoms with van der Waals surface area (Å²) >= 11 is 0. The van der Waals surface area contributed by atoms with Gasteiger partial charge in [0.25, 0.3) is 0 Å². The number of piperidine rings is 1. The molecule has 2 rings (SSSR count). The van der Waals surface area contributed by atoms with Crippen molar-refractivity contribution in [2.45, 2.75) is 32.2 Å². The highest BCUT2D eigenvalue weighted by molar-refractivity contribution is 4.82. The van der Waals surface area contributed by atoms with Gasteiger partial charge in [-0.15, -0.1) is 0 Å². The van der Waals surface area contributed by atoms with Crippen molar-refractivity contribution in [1.82, 2.24) is 10.2 Å². The normalized spacial score (nSPS) is 34.2. The van der Waals surface area contributed by atoms with Gasteiger partial charge >= 0.3 is 0 Å². The van der Waals surface area contributed by atoms with Gasteiger partial charge in [0.15, 0.2) is 0 Å². The minimum atomic E-state index is 0.899. The molecule has 12 heavy (non-hydrogen) atoms. The second-order valence-corrected chi connectivity index (χ2v) is 4.37. The molecule has 0 aromatic heterocycles. The molecule has 0 aliphatic carbocycles. The Morgan fingerprint density at radius 3 is 2.50 bits per heavy atom. The molecule has 0 radical (unpaired) electrons. The molecule has 0 unspecified atom stereocenters. The number of rotatable bonds is 1. The Kier molecular flexibility index (Phi) is 2.66. The van der Waals surface area contributed by atoms with Crippen molar-refractivity contribution in [3.63, 3.8) is 0 Å². The Hall–Kier alpha value is -0.0800. The Bertz CT molecular complexity index is 138. The second kappa shape index (κ2) is 3.75. The summed E-state index contributed by atoms with van der Waals surface area (Å²) < 4.78 is 0. The lowest BCUT2D eigenvalue weighted by Gasteiger charge is -2.31. The Labute approximate surface area is 75.3 Å². The van der Waals surface area contributed by atoms with Crippen LogP contribution in [0.1, 0.15) is 26.2 Å². The first kappa shape index (κ1) is 8.52. The molecule has 70 valence electrons. The van der Waals surface area contributed by atoms with E-state index in [-0.39, 0.29) is 0 Å². The van der Waals surface area contributed by atoms with Gasteiger partial charge in [-0.05, 0) is 44.8 Å². The van der Waals surface area contributed by atoms with Crippen LogP contribution < -0.4 is 5.32 Å². The molecule has 2 fully saturated rings. The van der Waals surface area contributed by atoms with E-state index in [4.69, 9.17) is 0 Å². The third-order valence-corrected chi connectivity index (χ3v) is 3.28. The predicted molar refractivity (Wildman–Crippen MR) is 51.2 cm³/mol. The van der Waals surface area contributed by atoms with Gasteiger partial charge in [-0.3, -0.25) is 0 Å². The fourth-order valence-electron chi connectivity index (χ4n) is 2.47. The van der Waals surface area contributed by atoms with Gasteiger partial charge in [-0.2, -0.15) is 0 Å². The first-order valence-electron chi connectivity index (χ1n) is 5.31. The molecule has 0 spiro atoms. The van der Waals surface area contributed by atoms with E-state index in [1.807, 2.05) is 0 Å². The van der Waals surface area contributed by atoms with Gasteiger partial charge in [0.05, 0.1) is 0 Å². The van der Waals surface area contributed by atoms with Gasteiger partial charge in [-0.1, -0.05) is 6.92 Å². The molecule has 1 N–H and O–H groups in total. The van der Waals surface area contributed by atoms with Crippen molar-refractivity contribution in [3.05, 3.63) is 0 Å². The van der Waals surface area contributed by atoms with Gasteiger partial charge in [-0.25, -0.2) is 0 Å². The lowest BCUT2D eigenvalue weighted by molar-refractivity contribution is 0.193. The highest BCUT2D eigenvalue weighted by Gasteiger charge is 2.26. The first-order chi connectivity index (χ1) is 5.86. The Balaban J connectivity index is 1.83. The fraction of sp³-hybridized carbons (Fsp3) is 1.00. The van der Waals surface area contributed by atoms with Crippen molar-refractivity contribution in [1.29, 1.82) is 0 Å². The van der Waals surface area contributed by atoms with E-state index in [0.717, 1.165) is 12.0 Å². The van der Waals surface area contributed by atoms with Crippen LogP contribution in [-0.4, -0.2) is 37.1 Å². The largest absolute Gasteiger partial charge is 0.317 e. The molecule has 0 aromatic carbocycles. The van der Waals surface area contributed by atoms with E-state index in [9.17, 15) is 0 Å². The Morgan fingerprint density at radius 2 is 1.92 bits per heavy atom. The molecular formula is C10H20N2. The number of hydrogen-bond acceptors (Lipinski definition) is 2. The zero-order valence-corrected chi connectivity index (χ0v) is 8.05. The third kappa shape index (κ3) is 1.80. The van der Waals surface area contributed by atoms with Crippen molar-refractivity contribution < 1.29 is 0 Å². The summed E-state index contributed by atoms with van der Waals surface area (Å²) in [5.74, 6) is 0.944. The molecular weight excluding hydrogens is 148 g/mol. The van der Waals surface area contributed by atoms with Crippen LogP contribution in [0.25, 0.3) is 0 Å². The van der Waals surface area contributed by atoms with Gasteiger partial charge in [0.2, 0.25) is 0 Å². The van der Waals surface area contributed by atoms with Gasteiger partial charge in [0, 0.05) is 12.6 Å². The summed E-state index contributed by atoms with van der Waals surface area (Å²) in [6.07, 6.45) is 4.16. The summed E-state index contributed by atoms with van der Waals surface area (Å²) in [4.78, 5) is 2.70. The van der Waals surface area contributed by atoms with E-state index in [1.165, 1.54) is 45.4 Å². The minimum absolute atomic E-state index is 0.899. The van der Waals surface area contributed by atoms with E-state index in [1.54, 1.807) is 0 Å². The number of hydrogen-bond donors (Lipinski definition) is 1. The smallest absolute Gasteiger partial charge is 0.0119 e. The van der Waals surface area contributed by atoms with Crippen LogP contribution in [0, 0.1) is 5.92 Å². The summed E-state index contributed by atoms with van der Waals surface area (Å²) in [6.45, 7) is 7.54. The zero-order chi connectivity index (χ0) is 8.39. The maximum absolute atomic E-state index is 3.42. The average molecular weight is 168 g/mol.